The van der Waals surface area contributed by atoms with E-state index in [-0.39, 0.29) is 24.4 Å². The van der Waals surface area contributed by atoms with E-state index in [1.165, 1.54) is 0 Å². The van der Waals surface area contributed by atoms with E-state index < -0.39 is 0 Å². The molecule has 0 aromatic carbocycles. The molecule has 0 fully saturated rings. The van der Waals surface area contributed by atoms with Gasteiger partial charge in [-0.1, -0.05) is 6.92 Å². The Morgan fingerprint density at radius 3 is 2.50 bits per heavy atom. The third kappa shape index (κ3) is 6.00. The minimum absolute atomic E-state index is 0.00677. The summed E-state index contributed by atoms with van der Waals surface area (Å²) in [6.07, 6.45) is 3.22. The fourth-order valence-electron chi connectivity index (χ4n) is 2.51. The maximum Gasteiger partial charge on any atom is 0.242 e. The van der Waals surface area contributed by atoms with Crippen molar-refractivity contribution in [3.05, 3.63) is 24.0 Å². The van der Waals surface area contributed by atoms with Gasteiger partial charge in [0.25, 0.3) is 0 Å². The maximum atomic E-state index is 12.8. The molecular weight excluding hydrogens is 306 g/mol. The molecule has 0 saturated heterocycles. The molecule has 6 heteroatoms. The number of methoxy groups -OCH3 is 1. The lowest BCUT2D eigenvalue weighted by molar-refractivity contribution is -0.142. The number of hydrogen-bond donors (Lipinski definition) is 0. The summed E-state index contributed by atoms with van der Waals surface area (Å²) in [6.45, 7) is 7.47. The Bertz CT molecular complexity index is 525. The van der Waals surface area contributed by atoms with E-state index in [9.17, 15) is 9.59 Å². The Balaban J connectivity index is 2.81. The van der Waals surface area contributed by atoms with Crippen LogP contribution in [0.4, 0.5) is 0 Å². The highest BCUT2D eigenvalue weighted by Gasteiger charge is 2.23. The third-order valence-corrected chi connectivity index (χ3v) is 4.04. The lowest BCUT2D eigenvalue weighted by atomic mass is 10.2. The molecule has 1 aromatic heterocycles. The van der Waals surface area contributed by atoms with Gasteiger partial charge < -0.3 is 19.1 Å². The predicted octanol–water partition coefficient (Wildman–Crippen LogP) is 2.04. The molecule has 1 heterocycles. The summed E-state index contributed by atoms with van der Waals surface area (Å²) in [7, 11) is 3.58. The zero-order valence-electron chi connectivity index (χ0n) is 15.6. The van der Waals surface area contributed by atoms with Gasteiger partial charge in [0.1, 0.15) is 0 Å². The van der Waals surface area contributed by atoms with E-state index in [4.69, 9.17) is 4.74 Å². The summed E-state index contributed by atoms with van der Waals surface area (Å²) >= 11 is 0. The van der Waals surface area contributed by atoms with Crippen LogP contribution in [-0.4, -0.2) is 59.0 Å². The first-order valence-corrected chi connectivity index (χ1v) is 8.57. The monoisotopic (exact) mass is 337 g/mol. The van der Waals surface area contributed by atoms with Gasteiger partial charge >= 0.3 is 0 Å². The SMILES string of the molecule is CCCC(=O)N(CC(=O)N(CCOC)Cc1cccn1C)C(C)C. The van der Waals surface area contributed by atoms with Crippen LogP contribution < -0.4 is 0 Å². The molecule has 136 valence electrons. The summed E-state index contributed by atoms with van der Waals surface area (Å²) in [5.41, 5.74) is 1.05. The van der Waals surface area contributed by atoms with Crippen LogP contribution >= 0.6 is 0 Å². The molecule has 0 saturated carbocycles. The van der Waals surface area contributed by atoms with E-state index in [0.29, 0.717) is 26.1 Å². The number of aromatic nitrogens is 1. The van der Waals surface area contributed by atoms with Crippen LogP contribution in [-0.2, 0) is 27.9 Å². The van der Waals surface area contributed by atoms with E-state index in [0.717, 1.165) is 12.1 Å². The molecule has 24 heavy (non-hydrogen) atoms. The highest BCUT2D eigenvalue weighted by Crippen LogP contribution is 2.09. The first kappa shape index (κ1) is 20.2. The number of nitrogens with zero attached hydrogens (tertiary/aromatic N) is 3. The summed E-state index contributed by atoms with van der Waals surface area (Å²) in [5, 5.41) is 0. The predicted molar refractivity (Wildman–Crippen MR) is 94.5 cm³/mol. The smallest absolute Gasteiger partial charge is 0.242 e. The van der Waals surface area contributed by atoms with Crippen molar-refractivity contribution in [2.24, 2.45) is 7.05 Å². The second-order valence-corrected chi connectivity index (χ2v) is 6.28. The molecule has 0 aliphatic rings. The molecule has 2 amide bonds. The van der Waals surface area contributed by atoms with Crippen molar-refractivity contribution in [2.45, 2.75) is 46.2 Å². The van der Waals surface area contributed by atoms with E-state index in [2.05, 4.69) is 0 Å². The van der Waals surface area contributed by atoms with Crippen LogP contribution in [0.3, 0.4) is 0 Å². The van der Waals surface area contributed by atoms with Crippen LogP contribution in [0, 0.1) is 0 Å². The lowest BCUT2D eigenvalue weighted by Crippen LogP contribution is -2.46. The van der Waals surface area contributed by atoms with Gasteiger partial charge in [-0.3, -0.25) is 9.59 Å². The van der Waals surface area contributed by atoms with Crippen molar-refractivity contribution >= 4 is 11.8 Å². The number of hydrogen-bond acceptors (Lipinski definition) is 3. The van der Waals surface area contributed by atoms with Crippen LogP contribution in [0.25, 0.3) is 0 Å². The molecule has 0 radical (unpaired) electrons. The quantitative estimate of drug-likeness (QED) is 0.656. The fourth-order valence-corrected chi connectivity index (χ4v) is 2.51. The first-order chi connectivity index (χ1) is 11.4. The van der Waals surface area contributed by atoms with Gasteiger partial charge in [-0.2, -0.15) is 0 Å². The highest BCUT2D eigenvalue weighted by atomic mass is 16.5. The van der Waals surface area contributed by atoms with Crippen molar-refractivity contribution in [2.75, 3.05) is 26.8 Å². The van der Waals surface area contributed by atoms with Crippen molar-refractivity contribution < 1.29 is 14.3 Å². The summed E-state index contributed by atoms with van der Waals surface area (Å²) in [5.74, 6) is -0.0159. The second kappa shape index (κ2) is 10.1. The van der Waals surface area contributed by atoms with E-state index in [1.807, 2.05) is 50.7 Å². The van der Waals surface area contributed by atoms with Gasteiger partial charge in [0.05, 0.1) is 19.7 Å². The number of carbonyl (C=O) groups is 2. The molecule has 1 rings (SSSR count). The molecule has 0 aliphatic carbocycles. The Kier molecular flexibility index (Phi) is 8.54. The lowest BCUT2D eigenvalue weighted by Gasteiger charge is -2.30. The molecule has 0 spiro atoms. The molecular formula is C18H31N3O3. The van der Waals surface area contributed by atoms with Crippen LogP contribution in [0.2, 0.25) is 0 Å². The Hall–Kier alpha value is -1.82. The van der Waals surface area contributed by atoms with Crippen LogP contribution in [0.5, 0.6) is 0 Å². The number of carbonyl (C=O) groups excluding carboxylic acids is 2. The van der Waals surface area contributed by atoms with Gasteiger partial charge in [-0.15, -0.1) is 0 Å². The minimum Gasteiger partial charge on any atom is -0.383 e. The molecule has 6 nitrogen and oxygen atoms in total. The molecule has 0 unspecified atom stereocenters. The largest absolute Gasteiger partial charge is 0.383 e. The highest BCUT2D eigenvalue weighted by molar-refractivity contribution is 5.85. The first-order valence-electron chi connectivity index (χ1n) is 8.57. The molecule has 1 aromatic rings. The fraction of sp³-hybridized carbons (Fsp3) is 0.667. The van der Waals surface area contributed by atoms with Gasteiger partial charge in [-0.25, -0.2) is 0 Å². The summed E-state index contributed by atoms with van der Waals surface area (Å²) in [6, 6.07) is 3.96. The average molecular weight is 337 g/mol. The molecule has 0 N–H and O–H groups in total. The molecule has 0 bridgehead atoms. The zero-order valence-corrected chi connectivity index (χ0v) is 15.6. The van der Waals surface area contributed by atoms with Crippen LogP contribution in [0.1, 0.15) is 39.3 Å². The summed E-state index contributed by atoms with van der Waals surface area (Å²) < 4.78 is 7.12. The summed E-state index contributed by atoms with van der Waals surface area (Å²) in [4.78, 5) is 28.5. The van der Waals surface area contributed by atoms with Gasteiger partial charge in [0, 0.05) is 45.1 Å². The number of aryl methyl sites for hydroxylation is 1. The second-order valence-electron chi connectivity index (χ2n) is 6.28. The standard InChI is InChI=1S/C18H31N3O3/c1-6-8-17(22)21(15(2)3)14-18(23)20(11-12-24-5)13-16-9-7-10-19(16)4/h7,9-10,15H,6,8,11-14H2,1-5H3. The van der Waals surface area contributed by atoms with E-state index >= 15 is 0 Å². The number of rotatable bonds is 10. The average Bonchev–Trinajstić information content (AvgIpc) is 2.93. The van der Waals surface area contributed by atoms with Crippen molar-refractivity contribution in [3.8, 4) is 0 Å². The minimum atomic E-state index is -0.0496. The topological polar surface area (TPSA) is 54.8 Å². The third-order valence-electron chi connectivity index (χ3n) is 4.04. The van der Waals surface area contributed by atoms with E-state index in [1.54, 1.807) is 16.9 Å². The maximum absolute atomic E-state index is 12.8. The van der Waals surface area contributed by atoms with Crippen molar-refractivity contribution in [3.63, 3.8) is 0 Å². The Labute approximate surface area is 145 Å². The number of ether oxygens (including phenoxy) is 1. The van der Waals surface area contributed by atoms with Gasteiger partial charge in [0.15, 0.2) is 0 Å². The van der Waals surface area contributed by atoms with Crippen molar-refractivity contribution in [1.82, 2.24) is 14.4 Å². The van der Waals surface area contributed by atoms with Crippen LogP contribution in [0.15, 0.2) is 18.3 Å². The Morgan fingerprint density at radius 1 is 1.29 bits per heavy atom. The molecule has 0 atom stereocenters. The normalized spacial score (nSPS) is 10.9. The molecule has 0 aliphatic heterocycles. The Morgan fingerprint density at radius 2 is 2.00 bits per heavy atom. The number of amides is 2. The van der Waals surface area contributed by atoms with Gasteiger partial charge in [-0.05, 0) is 32.4 Å². The zero-order chi connectivity index (χ0) is 18.1. The van der Waals surface area contributed by atoms with Gasteiger partial charge in [0.2, 0.25) is 11.8 Å². The van der Waals surface area contributed by atoms with Crippen molar-refractivity contribution in [1.29, 1.82) is 0 Å².